The van der Waals surface area contributed by atoms with Gasteiger partial charge in [0.15, 0.2) is 0 Å². The Kier molecular flexibility index (Phi) is 4.58. The van der Waals surface area contributed by atoms with Crippen LogP contribution in [0.1, 0.15) is 39.5 Å². The normalized spacial score (nSPS) is 22.9. The summed E-state index contributed by atoms with van der Waals surface area (Å²) in [6, 6.07) is 0. The maximum absolute atomic E-state index is 11.2. The summed E-state index contributed by atoms with van der Waals surface area (Å²) in [7, 11) is 0. The van der Waals surface area contributed by atoms with Crippen molar-refractivity contribution in [2.24, 2.45) is 29.4 Å². The van der Waals surface area contributed by atoms with Crippen LogP contribution in [0.25, 0.3) is 0 Å². The molecule has 0 saturated heterocycles. The lowest BCUT2D eigenvalue weighted by molar-refractivity contribution is -0.145. The molecule has 0 aromatic rings. The predicted octanol–water partition coefficient (Wildman–Crippen LogP) is 2.11. The molecule has 1 aliphatic rings. The molecule has 0 amide bonds. The third-order valence-corrected chi connectivity index (χ3v) is 4.03. The van der Waals surface area contributed by atoms with Gasteiger partial charge in [0, 0.05) is 6.54 Å². The molecule has 3 N–H and O–H groups in total. The Morgan fingerprint density at radius 3 is 2.40 bits per heavy atom. The van der Waals surface area contributed by atoms with Crippen LogP contribution in [0.2, 0.25) is 0 Å². The number of hydrogen-bond donors (Lipinski definition) is 2. The first-order chi connectivity index (χ1) is 7.11. The highest BCUT2D eigenvalue weighted by atomic mass is 16.4. The summed E-state index contributed by atoms with van der Waals surface area (Å²) in [6.07, 6.45) is 4.69. The van der Waals surface area contributed by atoms with Gasteiger partial charge >= 0.3 is 5.97 Å². The molecule has 3 unspecified atom stereocenters. The van der Waals surface area contributed by atoms with Crippen molar-refractivity contribution >= 4 is 5.97 Å². The van der Waals surface area contributed by atoms with Crippen LogP contribution in [0, 0.1) is 23.7 Å². The summed E-state index contributed by atoms with van der Waals surface area (Å²) in [5.41, 5.74) is 5.60. The number of rotatable bonds is 6. The molecule has 88 valence electrons. The second kappa shape index (κ2) is 5.50. The molecule has 1 rings (SSSR count). The lowest BCUT2D eigenvalue weighted by Crippen LogP contribution is -2.40. The maximum Gasteiger partial charge on any atom is 0.308 e. The summed E-state index contributed by atoms with van der Waals surface area (Å²) < 4.78 is 0. The van der Waals surface area contributed by atoms with Crippen molar-refractivity contribution in [2.45, 2.75) is 39.5 Å². The summed E-state index contributed by atoms with van der Waals surface area (Å²) in [4.78, 5) is 11.2. The molecule has 3 nitrogen and oxygen atoms in total. The Balaban J connectivity index is 2.72. The largest absolute Gasteiger partial charge is 0.481 e. The van der Waals surface area contributed by atoms with Gasteiger partial charge in [0.2, 0.25) is 0 Å². The smallest absolute Gasteiger partial charge is 0.308 e. The molecule has 3 atom stereocenters. The van der Waals surface area contributed by atoms with E-state index in [1.54, 1.807) is 0 Å². The Morgan fingerprint density at radius 1 is 1.53 bits per heavy atom. The molecule has 0 bridgehead atoms. The van der Waals surface area contributed by atoms with E-state index in [4.69, 9.17) is 5.73 Å². The second-order valence-electron chi connectivity index (χ2n) is 4.83. The van der Waals surface area contributed by atoms with E-state index in [0.717, 1.165) is 6.42 Å². The second-order valence-corrected chi connectivity index (χ2v) is 4.83. The quantitative estimate of drug-likeness (QED) is 0.710. The standard InChI is InChI=1S/C12H23NO2/c1-3-8(2)11(9-5-4-6-9)10(7-13)12(14)15/h8-11H,3-7,13H2,1-2H3,(H,14,15). The van der Waals surface area contributed by atoms with Crippen LogP contribution in [0.15, 0.2) is 0 Å². The van der Waals surface area contributed by atoms with Gasteiger partial charge in [0.25, 0.3) is 0 Å². The van der Waals surface area contributed by atoms with Crippen molar-refractivity contribution in [1.82, 2.24) is 0 Å². The Bertz CT molecular complexity index is 209. The van der Waals surface area contributed by atoms with Crippen LogP contribution in [0.3, 0.4) is 0 Å². The lowest BCUT2D eigenvalue weighted by Gasteiger charge is -2.40. The van der Waals surface area contributed by atoms with Crippen molar-refractivity contribution in [3.63, 3.8) is 0 Å². The molecule has 1 saturated carbocycles. The van der Waals surface area contributed by atoms with Gasteiger partial charge in [-0.2, -0.15) is 0 Å². The summed E-state index contributed by atoms with van der Waals surface area (Å²) in [6.45, 7) is 4.57. The minimum absolute atomic E-state index is 0.279. The van der Waals surface area contributed by atoms with E-state index in [1.165, 1.54) is 19.3 Å². The highest BCUT2D eigenvalue weighted by Gasteiger charge is 2.38. The fourth-order valence-electron chi connectivity index (χ4n) is 2.71. The fourth-order valence-corrected chi connectivity index (χ4v) is 2.71. The van der Waals surface area contributed by atoms with Crippen LogP contribution in [-0.2, 0) is 4.79 Å². The zero-order chi connectivity index (χ0) is 11.4. The molecular weight excluding hydrogens is 190 g/mol. The third-order valence-electron chi connectivity index (χ3n) is 4.03. The number of hydrogen-bond acceptors (Lipinski definition) is 2. The molecule has 0 aliphatic heterocycles. The first kappa shape index (κ1) is 12.5. The van der Waals surface area contributed by atoms with Crippen LogP contribution in [0.4, 0.5) is 0 Å². The lowest BCUT2D eigenvalue weighted by atomic mass is 9.65. The van der Waals surface area contributed by atoms with Crippen LogP contribution >= 0.6 is 0 Å². The van der Waals surface area contributed by atoms with Gasteiger partial charge in [-0.1, -0.05) is 39.5 Å². The molecule has 0 spiro atoms. The Morgan fingerprint density at radius 2 is 2.13 bits per heavy atom. The van der Waals surface area contributed by atoms with E-state index in [9.17, 15) is 9.90 Å². The van der Waals surface area contributed by atoms with E-state index < -0.39 is 5.97 Å². The van der Waals surface area contributed by atoms with Crippen LogP contribution in [-0.4, -0.2) is 17.6 Å². The van der Waals surface area contributed by atoms with Gasteiger partial charge in [-0.05, 0) is 17.8 Å². The van der Waals surface area contributed by atoms with E-state index in [-0.39, 0.29) is 18.4 Å². The maximum atomic E-state index is 11.2. The highest BCUT2D eigenvalue weighted by Crippen LogP contribution is 2.42. The van der Waals surface area contributed by atoms with Crippen molar-refractivity contribution in [3.05, 3.63) is 0 Å². The number of carboxylic acid groups (broad SMARTS) is 1. The van der Waals surface area contributed by atoms with E-state index in [1.807, 2.05) is 0 Å². The Hall–Kier alpha value is -0.570. The minimum atomic E-state index is -0.713. The van der Waals surface area contributed by atoms with E-state index in [0.29, 0.717) is 11.8 Å². The molecule has 3 heteroatoms. The van der Waals surface area contributed by atoms with Crippen LogP contribution in [0.5, 0.6) is 0 Å². The average Bonchev–Trinajstić information content (AvgIpc) is 2.13. The first-order valence-corrected chi connectivity index (χ1v) is 6.04. The number of carboxylic acids is 1. The number of carbonyl (C=O) groups is 1. The minimum Gasteiger partial charge on any atom is -0.481 e. The summed E-state index contributed by atoms with van der Waals surface area (Å²) >= 11 is 0. The molecule has 15 heavy (non-hydrogen) atoms. The van der Waals surface area contributed by atoms with Gasteiger partial charge in [-0.15, -0.1) is 0 Å². The Labute approximate surface area is 92.0 Å². The van der Waals surface area contributed by atoms with Crippen molar-refractivity contribution < 1.29 is 9.90 Å². The summed E-state index contributed by atoms with van der Waals surface area (Å²) in [5, 5.41) is 9.18. The van der Waals surface area contributed by atoms with Crippen molar-refractivity contribution in [2.75, 3.05) is 6.54 Å². The zero-order valence-corrected chi connectivity index (χ0v) is 9.78. The fraction of sp³-hybridized carbons (Fsp3) is 0.917. The molecule has 0 heterocycles. The molecule has 1 fully saturated rings. The molecule has 0 aromatic carbocycles. The van der Waals surface area contributed by atoms with Gasteiger partial charge in [0.1, 0.15) is 0 Å². The SMILES string of the molecule is CCC(C)C(C1CCC1)C(CN)C(=O)O. The first-order valence-electron chi connectivity index (χ1n) is 6.04. The highest BCUT2D eigenvalue weighted by molar-refractivity contribution is 5.70. The predicted molar refractivity (Wildman–Crippen MR) is 60.5 cm³/mol. The van der Waals surface area contributed by atoms with Crippen molar-refractivity contribution in [3.8, 4) is 0 Å². The van der Waals surface area contributed by atoms with Crippen LogP contribution < -0.4 is 5.73 Å². The summed E-state index contributed by atoms with van der Waals surface area (Å²) in [5.74, 6) is 0.302. The molecule has 1 aliphatic carbocycles. The van der Waals surface area contributed by atoms with Gasteiger partial charge < -0.3 is 10.8 Å². The molecular formula is C12H23NO2. The van der Waals surface area contributed by atoms with Gasteiger partial charge in [-0.25, -0.2) is 0 Å². The molecule has 0 radical (unpaired) electrons. The topological polar surface area (TPSA) is 63.3 Å². The van der Waals surface area contributed by atoms with Gasteiger partial charge in [0.05, 0.1) is 5.92 Å². The number of aliphatic carboxylic acids is 1. The monoisotopic (exact) mass is 213 g/mol. The van der Waals surface area contributed by atoms with E-state index >= 15 is 0 Å². The van der Waals surface area contributed by atoms with Gasteiger partial charge in [-0.3, -0.25) is 4.79 Å². The average molecular weight is 213 g/mol. The third kappa shape index (κ3) is 2.71. The molecule has 0 aromatic heterocycles. The van der Waals surface area contributed by atoms with E-state index in [2.05, 4.69) is 13.8 Å². The zero-order valence-electron chi connectivity index (χ0n) is 9.78. The number of nitrogens with two attached hydrogens (primary N) is 1. The van der Waals surface area contributed by atoms with Crippen molar-refractivity contribution in [1.29, 1.82) is 0 Å².